The fraction of sp³-hybridized carbons (Fsp3) is 0.857. The first-order valence-corrected chi connectivity index (χ1v) is 5.84. The van der Waals surface area contributed by atoms with Crippen molar-refractivity contribution in [3.63, 3.8) is 0 Å². The Labute approximate surface area is 77.8 Å². The first kappa shape index (κ1) is 10.5. The van der Waals surface area contributed by atoms with Gasteiger partial charge < -0.3 is 4.90 Å². The highest BCUT2D eigenvalue weighted by molar-refractivity contribution is 7.86. The van der Waals surface area contributed by atoms with Crippen molar-refractivity contribution in [1.82, 2.24) is 4.90 Å². The van der Waals surface area contributed by atoms with E-state index in [1.54, 1.807) is 4.90 Å². The van der Waals surface area contributed by atoms with E-state index in [1.807, 2.05) is 0 Å². The third-order valence-electron chi connectivity index (χ3n) is 1.90. The number of carbonyl (C=O) groups is 1. The van der Waals surface area contributed by atoms with Gasteiger partial charge in [0.15, 0.2) is 0 Å². The van der Waals surface area contributed by atoms with Gasteiger partial charge in [0.2, 0.25) is 5.91 Å². The molecule has 13 heavy (non-hydrogen) atoms. The molecule has 1 aliphatic heterocycles. The van der Waals surface area contributed by atoms with Crippen molar-refractivity contribution in [2.45, 2.75) is 19.4 Å². The summed E-state index contributed by atoms with van der Waals surface area (Å²) in [4.78, 5) is 12.5. The molecular weight excluding hydrogens is 194 g/mol. The minimum Gasteiger partial charge on any atom is -0.340 e. The standard InChI is InChI=1S/C7H13NO4S/c1-6(9)8-4-3-7(5-8)12-13(2,10)11/h7H,3-5H2,1-2H3/t7-/m1/s1. The molecule has 0 aromatic heterocycles. The van der Waals surface area contributed by atoms with Crippen LogP contribution in [0, 0.1) is 0 Å². The van der Waals surface area contributed by atoms with Crippen molar-refractivity contribution in [2.75, 3.05) is 19.3 Å². The second kappa shape index (κ2) is 3.63. The first-order valence-electron chi connectivity index (χ1n) is 4.02. The van der Waals surface area contributed by atoms with Crippen molar-refractivity contribution in [2.24, 2.45) is 0 Å². The zero-order valence-electron chi connectivity index (χ0n) is 7.69. The minimum absolute atomic E-state index is 0.0420. The first-order chi connectivity index (χ1) is 5.88. The van der Waals surface area contributed by atoms with Crippen LogP contribution in [0.5, 0.6) is 0 Å². The van der Waals surface area contributed by atoms with Crippen LogP contribution in [0.4, 0.5) is 0 Å². The second-order valence-electron chi connectivity index (χ2n) is 3.18. The lowest BCUT2D eigenvalue weighted by atomic mass is 10.3. The molecule has 1 aliphatic rings. The summed E-state index contributed by atoms with van der Waals surface area (Å²) >= 11 is 0. The van der Waals surface area contributed by atoms with Crippen LogP contribution < -0.4 is 0 Å². The van der Waals surface area contributed by atoms with E-state index in [2.05, 4.69) is 0 Å². The Bertz CT molecular complexity index is 298. The van der Waals surface area contributed by atoms with Gasteiger partial charge in [-0.15, -0.1) is 0 Å². The van der Waals surface area contributed by atoms with Gasteiger partial charge in [0, 0.05) is 20.0 Å². The van der Waals surface area contributed by atoms with E-state index in [-0.39, 0.29) is 12.0 Å². The fourth-order valence-electron chi connectivity index (χ4n) is 1.34. The largest absolute Gasteiger partial charge is 0.340 e. The quantitative estimate of drug-likeness (QED) is 0.577. The van der Waals surface area contributed by atoms with Crippen LogP contribution in [0.1, 0.15) is 13.3 Å². The van der Waals surface area contributed by atoms with Gasteiger partial charge in [-0.3, -0.25) is 8.98 Å². The van der Waals surface area contributed by atoms with Gasteiger partial charge in [-0.25, -0.2) is 0 Å². The summed E-state index contributed by atoms with van der Waals surface area (Å²) in [7, 11) is -3.39. The second-order valence-corrected chi connectivity index (χ2v) is 4.78. The maximum absolute atomic E-state index is 10.9. The summed E-state index contributed by atoms with van der Waals surface area (Å²) in [6, 6.07) is 0. The molecule has 0 saturated carbocycles. The van der Waals surface area contributed by atoms with Crippen molar-refractivity contribution < 1.29 is 17.4 Å². The number of likely N-dealkylation sites (tertiary alicyclic amines) is 1. The highest BCUT2D eigenvalue weighted by Crippen LogP contribution is 2.14. The Hall–Kier alpha value is -0.620. The molecule has 0 aliphatic carbocycles. The van der Waals surface area contributed by atoms with Crippen LogP contribution in [0.15, 0.2) is 0 Å². The number of rotatable bonds is 2. The van der Waals surface area contributed by atoms with E-state index >= 15 is 0 Å². The molecule has 1 rings (SSSR count). The minimum atomic E-state index is -3.39. The summed E-state index contributed by atoms with van der Waals surface area (Å²) < 4.78 is 26.2. The van der Waals surface area contributed by atoms with Gasteiger partial charge in [-0.2, -0.15) is 8.42 Å². The zero-order chi connectivity index (χ0) is 10.1. The number of nitrogens with zero attached hydrogens (tertiary/aromatic N) is 1. The molecule has 0 aromatic rings. The lowest BCUT2D eigenvalue weighted by Crippen LogP contribution is -2.28. The van der Waals surface area contributed by atoms with Gasteiger partial charge in [0.05, 0.1) is 12.4 Å². The lowest BCUT2D eigenvalue weighted by molar-refractivity contribution is -0.128. The molecule has 5 nitrogen and oxygen atoms in total. The molecule has 6 heteroatoms. The molecule has 0 N–H and O–H groups in total. The molecule has 76 valence electrons. The molecule has 1 heterocycles. The van der Waals surface area contributed by atoms with E-state index in [9.17, 15) is 13.2 Å². The zero-order valence-corrected chi connectivity index (χ0v) is 8.50. The molecule has 0 bridgehead atoms. The van der Waals surface area contributed by atoms with Crippen LogP contribution in [0.25, 0.3) is 0 Å². The highest BCUT2D eigenvalue weighted by Gasteiger charge is 2.27. The third-order valence-corrected chi connectivity index (χ3v) is 2.52. The van der Waals surface area contributed by atoms with Crippen molar-refractivity contribution in [1.29, 1.82) is 0 Å². The topological polar surface area (TPSA) is 63.7 Å². The summed E-state index contributed by atoms with van der Waals surface area (Å²) in [6.45, 7) is 2.42. The predicted molar refractivity (Wildman–Crippen MR) is 46.6 cm³/mol. The predicted octanol–water partition coefficient (Wildman–Crippen LogP) is -0.417. The van der Waals surface area contributed by atoms with Crippen LogP contribution in [-0.2, 0) is 19.1 Å². The molecule has 1 fully saturated rings. The Balaban J connectivity index is 2.47. The van der Waals surface area contributed by atoms with Gasteiger partial charge in [-0.05, 0) is 6.42 Å². The lowest BCUT2D eigenvalue weighted by Gasteiger charge is -2.13. The van der Waals surface area contributed by atoms with E-state index < -0.39 is 10.1 Å². The molecule has 1 atom stereocenters. The third kappa shape index (κ3) is 3.31. The molecule has 1 saturated heterocycles. The average Bonchev–Trinajstić information content (AvgIpc) is 2.31. The maximum Gasteiger partial charge on any atom is 0.264 e. The molecule has 0 radical (unpaired) electrons. The summed E-state index contributed by atoms with van der Waals surface area (Å²) in [5.41, 5.74) is 0. The number of hydrogen-bond donors (Lipinski definition) is 0. The molecule has 0 unspecified atom stereocenters. The van der Waals surface area contributed by atoms with Gasteiger partial charge in [-0.1, -0.05) is 0 Å². The molecule has 0 aromatic carbocycles. The van der Waals surface area contributed by atoms with Gasteiger partial charge in [0.25, 0.3) is 10.1 Å². The van der Waals surface area contributed by atoms with E-state index in [4.69, 9.17) is 4.18 Å². The van der Waals surface area contributed by atoms with E-state index in [0.29, 0.717) is 19.5 Å². The Morgan fingerprint density at radius 1 is 1.54 bits per heavy atom. The van der Waals surface area contributed by atoms with Gasteiger partial charge in [0.1, 0.15) is 0 Å². The Morgan fingerprint density at radius 3 is 2.54 bits per heavy atom. The number of hydrogen-bond acceptors (Lipinski definition) is 4. The van der Waals surface area contributed by atoms with Crippen molar-refractivity contribution >= 4 is 16.0 Å². The van der Waals surface area contributed by atoms with Crippen LogP contribution >= 0.6 is 0 Å². The van der Waals surface area contributed by atoms with Crippen molar-refractivity contribution in [3.05, 3.63) is 0 Å². The molecular formula is C7H13NO4S. The van der Waals surface area contributed by atoms with Crippen LogP contribution in [-0.4, -0.2) is 44.7 Å². The molecule has 1 amide bonds. The smallest absolute Gasteiger partial charge is 0.264 e. The average molecular weight is 207 g/mol. The highest BCUT2D eigenvalue weighted by atomic mass is 32.2. The van der Waals surface area contributed by atoms with E-state index in [1.165, 1.54) is 6.92 Å². The van der Waals surface area contributed by atoms with E-state index in [0.717, 1.165) is 6.26 Å². The van der Waals surface area contributed by atoms with Crippen LogP contribution in [0.3, 0.4) is 0 Å². The SMILES string of the molecule is CC(=O)N1CC[C@@H](OS(C)(=O)=O)C1. The molecule has 0 spiro atoms. The fourth-order valence-corrected chi connectivity index (χ4v) is 1.99. The monoisotopic (exact) mass is 207 g/mol. The summed E-state index contributed by atoms with van der Waals surface area (Å²) in [6.07, 6.45) is 1.25. The van der Waals surface area contributed by atoms with Gasteiger partial charge >= 0.3 is 0 Å². The summed E-state index contributed by atoms with van der Waals surface area (Å²) in [5, 5.41) is 0. The normalized spacial score (nSPS) is 23.5. The van der Waals surface area contributed by atoms with Crippen LogP contribution in [0.2, 0.25) is 0 Å². The number of carbonyl (C=O) groups excluding carboxylic acids is 1. The Morgan fingerprint density at radius 2 is 2.15 bits per heavy atom. The maximum atomic E-state index is 10.9. The number of amides is 1. The van der Waals surface area contributed by atoms with Crippen molar-refractivity contribution in [3.8, 4) is 0 Å². The Kier molecular flexibility index (Phi) is 2.92. The summed E-state index contributed by atoms with van der Waals surface area (Å²) in [5.74, 6) is -0.0420.